The van der Waals surface area contributed by atoms with Crippen LogP contribution in [-0.2, 0) is 38.1 Å². The minimum atomic E-state index is -1.06. The van der Waals surface area contributed by atoms with Crippen LogP contribution in [0, 0.1) is 23.7 Å². The lowest BCUT2D eigenvalue weighted by molar-refractivity contribution is -0.141. The maximum Gasteiger partial charge on any atom is 0.408 e. The molecule has 0 aliphatic heterocycles. The van der Waals surface area contributed by atoms with Crippen molar-refractivity contribution in [1.82, 2.24) is 20.9 Å². The Bertz CT molecular complexity index is 1330. The average Bonchev–Trinajstić information content (AvgIpc) is 3.05. The molecule has 0 aliphatic carbocycles. The van der Waals surface area contributed by atoms with Gasteiger partial charge in [0.15, 0.2) is 0 Å². The summed E-state index contributed by atoms with van der Waals surface area (Å²) in [5.41, 5.74) is -0.161. The number of carboxylic acids is 1. The fourth-order valence-electron chi connectivity index (χ4n) is 4.77. The van der Waals surface area contributed by atoms with E-state index >= 15 is 0 Å². The quantitative estimate of drug-likeness (QED) is 0.0687. The van der Waals surface area contributed by atoms with E-state index in [9.17, 15) is 28.8 Å². The third-order valence-electron chi connectivity index (χ3n) is 7.78. The number of nitrogens with one attached hydrogen (secondary N) is 3. The lowest BCUT2D eigenvalue weighted by Gasteiger charge is -2.34. The summed E-state index contributed by atoms with van der Waals surface area (Å²) in [5.74, 6) is -1.73. The molecule has 0 unspecified atom stereocenters. The van der Waals surface area contributed by atoms with E-state index in [0.717, 1.165) is 0 Å². The van der Waals surface area contributed by atoms with Crippen LogP contribution >= 0.6 is 12.4 Å². The van der Waals surface area contributed by atoms with Gasteiger partial charge in [0.2, 0.25) is 5.91 Å². The van der Waals surface area contributed by atoms with Crippen LogP contribution in [0.25, 0.3) is 0 Å². The fraction of sp³-hybridized carbons (Fsp3) is 0.762. The number of amides is 3. The number of hydrogen-bond donors (Lipinski definition) is 4. The molecule has 4 N–H and O–H groups in total. The Morgan fingerprint density at radius 2 is 1.00 bits per heavy atom. The molecule has 0 aromatic heterocycles. The molecule has 0 saturated carbocycles. The van der Waals surface area contributed by atoms with E-state index in [2.05, 4.69) is 29.8 Å². The summed E-state index contributed by atoms with van der Waals surface area (Å²) in [6.45, 7) is 33.5. The monoisotopic (exact) mass is 851 g/mol. The van der Waals surface area contributed by atoms with Gasteiger partial charge in [0.05, 0.1) is 19.3 Å². The van der Waals surface area contributed by atoms with Gasteiger partial charge in [0.1, 0.15) is 23.3 Å². The second-order valence-electron chi connectivity index (χ2n) is 17.0. The molecule has 15 nitrogen and oxygen atoms in total. The summed E-state index contributed by atoms with van der Waals surface area (Å²) >= 11 is 0. The van der Waals surface area contributed by atoms with Crippen LogP contribution < -0.4 is 16.0 Å². The van der Waals surface area contributed by atoms with Crippen LogP contribution in [0.15, 0.2) is 23.3 Å². The van der Waals surface area contributed by atoms with Crippen molar-refractivity contribution in [1.29, 1.82) is 0 Å². The Labute approximate surface area is 355 Å². The largest absolute Gasteiger partial charge is 0.480 e. The molecular weight excluding hydrogens is 772 g/mol. The number of carbonyl (C=O) groups excluding carboxylic acids is 5. The van der Waals surface area contributed by atoms with Gasteiger partial charge < -0.3 is 44.9 Å². The van der Waals surface area contributed by atoms with Crippen molar-refractivity contribution in [3.05, 3.63) is 23.3 Å². The third kappa shape index (κ3) is 27.7. The molecule has 3 amide bonds. The second kappa shape index (κ2) is 29.4. The van der Waals surface area contributed by atoms with Crippen LogP contribution in [0.2, 0.25) is 0 Å². The number of aliphatic carboxylic acids is 1. The first kappa shape index (κ1) is 60.8. The van der Waals surface area contributed by atoms with Gasteiger partial charge >= 0.3 is 30.1 Å². The van der Waals surface area contributed by atoms with Crippen molar-refractivity contribution in [2.24, 2.45) is 23.7 Å². The SMILES string of the molecule is CC(C)[C@H](NC(=O)OC(C)(C)C)C(=O)O.CCOC(=O)/C(C)=C/[C@@H](NC)C(C)C.CCOC(=O)/C(C)=C/[C@H](C(C)C)N(C)C(=O)[C@@H](NC(=O)OC(C)(C)C)C(C)C.Cl. The number of hydrogen-bond acceptors (Lipinski definition) is 11. The summed E-state index contributed by atoms with van der Waals surface area (Å²) < 4.78 is 20.2. The van der Waals surface area contributed by atoms with E-state index in [0.29, 0.717) is 30.3 Å². The van der Waals surface area contributed by atoms with Gasteiger partial charge in [-0.2, -0.15) is 0 Å². The number of ether oxygens (including phenoxy) is 4. The number of rotatable bonds is 16. The maximum atomic E-state index is 13.1. The highest BCUT2D eigenvalue weighted by Gasteiger charge is 2.33. The van der Waals surface area contributed by atoms with E-state index in [1.54, 1.807) is 94.2 Å². The summed E-state index contributed by atoms with van der Waals surface area (Å²) in [7, 11) is 3.56. The molecular formula is C42H79ClN4O11. The van der Waals surface area contributed by atoms with Gasteiger partial charge in [0, 0.05) is 24.2 Å². The first-order valence-electron chi connectivity index (χ1n) is 19.7. The van der Waals surface area contributed by atoms with Gasteiger partial charge in [-0.1, -0.05) is 67.5 Å². The molecule has 0 rings (SSSR count). The van der Waals surface area contributed by atoms with E-state index in [4.69, 9.17) is 24.1 Å². The van der Waals surface area contributed by atoms with Crippen molar-refractivity contribution in [3.8, 4) is 0 Å². The molecule has 0 bridgehead atoms. The van der Waals surface area contributed by atoms with E-state index in [-0.39, 0.29) is 54.1 Å². The Kier molecular flexibility index (Phi) is 30.8. The van der Waals surface area contributed by atoms with Gasteiger partial charge in [-0.05, 0) is 100.0 Å². The predicted octanol–water partition coefficient (Wildman–Crippen LogP) is 7.31. The zero-order valence-electron chi connectivity index (χ0n) is 39.1. The number of alkyl carbamates (subject to hydrolysis) is 2. The molecule has 0 saturated heterocycles. The minimum Gasteiger partial charge on any atom is -0.480 e. The first-order chi connectivity index (χ1) is 25.9. The highest BCUT2D eigenvalue weighted by Crippen LogP contribution is 2.18. The van der Waals surface area contributed by atoms with E-state index in [1.165, 1.54) is 0 Å². The van der Waals surface area contributed by atoms with Crippen molar-refractivity contribution in [2.75, 3.05) is 27.3 Å². The number of halogens is 1. The van der Waals surface area contributed by atoms with Crippen LogP contribution in [0.4, 0.5) is 9.59 Å². The molecule has 0 aromatic rings. The first-order valence-corrected chi connectivity index (χ1v) is 19.7. The standard InChI is InChI=1S/C21H38N2O5.C11H21NO2.C10H19NO4.ClH/c1-11-27-19(25)15(6)12-16(13(2)3)23(10)18(24)17(14(4)5)22-20(26)28-21(7,8)9;1-6-14-11(13)9(4)7-10(12-5)8(2)3;1-6(2)7(8(12)13)11-9(14)15-10(3,4)5;/h12-14,16-17H,11H2,1-10H3,(H,22,26);7-8,10,12H,6H2,1-5H3;6-7H,1-5H3,(H,11,14)(H,12,13);1H/b15-12+;9-7+;;/t16-,17+;10-;7-;/m110./s1. The number of nitrogens with zero attached hydrogens (tertiary/aromatic N) is 1. The van der Waals surface area contributed by atoms with Crippen LogP contribution in [0.1, 0.15) is 125 Å². The molecule has 58 heavy (non-hydrogen) atoms. The fourth-order valence-corrected chi connectivity index (χ4v) is 4.77. The lowest BCUT2D eigenvalue weighted by atomic mass is 9.97. The number of carbonyl (C=O) groups is 6. The number of carboxylic acid groups (broad SMARTS) is 1. The maximum absolute atomic E-state index is 13.1. The smallest absolute Gasteiger partial charge is 0.408 e. The molecule has 340 valence electrons. The molecule has 4 atom stereocenters. The molecule has 0 fully saturated rings. The Balaban J connectivity index is -0.000000411. The predicted molar refractivity (Wildman–Crippen MR) is 231 cm³/mol. The van der Waals surface area contributed by atoms with Crippen LogP contribution in [0.3, 0.4) is 0 Å². The van der Waals surface area contributed by atoms with Crippen molar-refractivity contribution < 1.29 is 52.8 Å². The number of likely N-dealkylation sites (N-methyl/N-ethyl adjacent to an activating group) is 2. The Hall–Kier alpha value is -3.85. The van der Waals surface area contributed by atoms with Gasteiger partial charge in [0.25, 0.3) is 0 Å². The zero-order valence-corrected chi connectivity index (χ0v) is 39.9. The normalized spacial score (nSPS) is 13.9. The third-order valence-corrected chi connectivity index (χ3v) is 7.78. The highest BCUT2D eigenvalue weighted by molar-refractivity contribution is 5.89. The summed E-state index contributed by atoms with van der Waals surface area (Å²) in [4.78, 5) is 72.1. The zero-order chi connectivity index (χ0) is 45.6. The van der Waals surface area contributed by atoms with Gasteiger partial charge in [-0.3, -0.25) is 4.79 Å². The van der Waals surface area contributed by atoms with Crippen LogP contribution in [-0.4, -0.2) is 109 Å². The van der Waals surface area contributed by atoms with Gasteiger partial charge in [-0.25, -0.2) is 24.0 Å². The lowest BCUT2D eigenvalue weighted by Crippen LogP contribution is -2.54. The Morgan fingerprint density at radius 3 is 1.28 bits per heavy atom. The van der Waals surface area contributed by atoms with Gasteiger partial charge in [-0.15, -0.1) is 12.4 Å². The topological polar surface area (TPSA) is 199 Å². The molecule has 16 heteroatoms. The summed E-state index contributed by atoms with van der Waals surface area (Å²) in [6.07, 6.45) is 2.32. The molecule has 0 aliphatic rings. The number of esters is 2. The van der Waals surface area contributed by atoms with E-state index in [1.807, 2.05) is 47.7 Å². The second-order valence-corrected chi connectivity index (χ2v) is 17.0. The highest BCUT2D eigenvalue weighted by atomic mass is 35.5. The minimum absolute atomic E-state index is 0. The average molecular weight is 852 g/mol. The van der Waals surface area contributed by atoms with E-state index < -0.39 is 47.4 Å². The van der Waals surface area contributed by atoms with Crippen molar-refractivity contribution in [2.45, 2.75) is 160 Å². The van der Waals surface area contributed by atoms with Crippen molar-refractivity contribution in [3.63, 3.8) is 0 Å². The van der Waals surface area contributed by atoms with Crippen molar-refractivity contribution >= 4 is 48.4 Å². The molecule has 0 aromatic carbocycles. The molecule has 0 heterocycles. The molecule has 0 spiro atoms. The molecule has 0 radical (unpaired) electrons. The summed E-state index contributed by atoms with van der Waals surface area (Å²) in [6, 6.07) is -1.75. The van der Waals surface area contributed by atoms with Crippen LogP contribution in [0.5, 0.6) is 0 Å². The summed E-state index contributed by atoms with van der Waals surface area (Å²) in [5, 5.41) is 17.0. The Morgan fingerprint density at radius 1 is 0.638 bits per heavy atom.